The molecule has 0 bridgehead atoms. The summed E-state index contributed by atoms with van der Waals surface area (Å²) in [6.07, 6.45) is 5.90. The number of hydrogen-bond donors (Lipinski definition) is 0. The molecule has 1 unspecified atom stereocenters. The van der Waals surface area contributed by atoms with Gasteiger partial charge in [-0.05, 0) is 0 Å². The van der Waals surface area contributed by atoms with E-state index in [0.29, 0.717) is 5.92 Å². The topological polar surface area (TPSA) is 7.12 Å². The van der Waals surface area contributed by atoms with Gasteiger partial charge in [-0.3, -0.25) is 0 Å². The fraction of sp³-hybridized carbons (Fsp3) is 0.643. The molecule has 17 heavy (non-hydrogen) atoms. The monoisotopic (exact) mass is 232 g/mol. The van der Waals surface area contributed by atoms with E-state index in [9.17, 15) is 0 Å². The van der Waals surface area contributed by atoms with Crippen molar-refractivity contribution in [1.82, 2.24) is 0 Å². The van der Waals surface area contributed by atoms with Gasteiger partial charge in [0.15, 0.2) is 0 Å². The number of rotatable bonds is 3. The largest absolute Gasteiger partial charge is 0.424 e. The lowest BCUT2D eigenvalue weighted by molar-refractivity contribution is -0.550. The Morgan fingerprint density at radius 2 is 2.00 bits per heavy atom. The van der Waals surface area contributed by atoms with Crippen LogP contribution in [0.4, 0.5) is 5.69 Å². The fourth-order valence-corrected chi connectivity index (χ4v) is 3.60. The molecule has 3 heteroatoms. The minimum atomic E-state index is -0.352. The lowest BCUT2D eigenvalue weighted by atomic mass is 9.30. The van der Waals surface area contributed by atoms with Crippen LogP contribution in [-0.4, -0.2) is 20.4 Å². The number of fused-ring (bicyclic) bond motifs is 1. The molecule has 0 saturated carbocycles. The van der Waals surface area contributed by atoms with E-state index < -0.39 is 0 Å². The van der Waals surface area contributed by atoms with Crippen LogP contribution in [0.2, 0.25) is 19.0 Å². The summed E-state index contributed by atoms with van der Waals surface area (Å²) < 4.78 is 2.59. The molecule has 2 rings (SSSR count). The second kappa shape index (κ2) is 4.36. The first-order valence-electron chi connectivity index (χ1n) is 6.97. The molecule has 0 spiro atoms. The van der Waals surface area contributed by atoms with Crippen molar-refractivity contribution < 1.29 is 4.48 Å². The van der Waals surface area contributed by atoms with Gasteiger partial charge in [0.2, 0.25) is 0 Å². The van der Waals surface area contributed by atoms with Gasteiger partial charge in [0, 0.05) is 37.8 Å². The summed E-state index contributed by atoms with van der Waals surface area (Å²) in [5.74, 6) is 0.704. The van der Waals surface area contributed by atoms with Crippen LogP contribution in [0.3, 0.4) is 0 Å². The van der Waals surface area contributed by atoms with Crippen molar-refractivity contribution >= 4 is 12.0 Å². The highest BCUT2D eigenvalue weighted by atomic mass is 15.1. The van der Waals surface area contributed by atoms with E-state index in [1.54, 1.807) is 0 Å². The Labute approximate surface area is 106 Å². The molecule has 1 aliphatic heterocycles. The molecule has 0 amide bonds. The third kappa shape index (κ3) is 1.86. The standard InChI is InChI=1S/C14H25BN2/c1-6-15(7-2)11-12(3)14-10-13(16(4)5)8-9-17(14)15/h8-10,12H,6-7,11H2,1-5H3. The zero-order chi connectivity index (χ0) is 12.6. The maximum Gasteiger partial charge on any atom is 0.278 e. The van der Waals surface area contributed by atoms with Crippen LogP contribution in [0.25, 0.3) is 0 Å². The van der Waals surface area contributed by atoms with Crippen molar-refractivity contribution in [2.24, 2.45) is 0 Å². The predicted molar refractivity (Wildman–Crippen MR) is 76.3 cm³/mol. The van der Waals surface area contributed by atoms with Crippen LogP contribution in [0.5, 0.6) is 0 Å². The van der Waals surface area contributed by atoms with Crippen LogP contribution < -0.4 is 9.38 Å². The summed E-state index contributed by atoms with van der Waals surface area (Å²) in [5, 5.41) is 0. The van der Waals surface area contributed by atoms with Gasteiger partial charge in [-0.2, -0.15) is 0 Å². The molecule has 1 atom stereocenters. The summed E-state index contributed by atoms with van der Waals surface area (Å²) in [4.78, 5) is 2.19. The van der Waals surface area contributed by atoms with Crippen molar-refractivity contribution in [2.75, 3.05) is 19.0 Å². The van der Waals surface area contributed by atoms with Crippen molar-refractivity contribution in [1.29, 1.82) is 0 Å². The molecule has 1 aliphatic rings. The van der Waals surface area contributed by atoms with Gasteiger partial charge >= 0.3 is 0 Å². The zero-order valence-electron chi connectivity index (χ0n) is 11.9. The van der Waals surface area contributed by atoms with Crippen molar-refractivity contribution in [3.63, 3.8) is 0 Å². The van der Waals surface area contributed by atoms with E-state index in [0.717, 1.165) is 0 Å². The van der Waals surface area contributed by atoms with Gasteiger partial charge in [0.05, 0.1) is 0 Å². The van der Waals surface area contributed by atoms with Gasteiger partial charge in [-0.1, -0.05) is 27.1 Å². The number of pyridine rings is 1. The Morgan fingerprint density at radius 3 is 2.53 bits per heavy atom. The first-order valence-corrected chi connectivity index (χ1v) is 6.97. The Bertz CT molecular complexity index is 411. The van der Waals surface area contributed by atoms with Gasteiger partial charge in [0.1, 0.15) is 11.9 Å². The van der Waals surface area contributed by atoms with Crippen LogP contribution in [-0.2, 0) is 0 Å². The maximum atomic E-state index is 2.59. The van der Waals surface area contributed by atoms with Crippen molar-refractivity contribution in [3.05, 3.63) is 24.0 Å². The average molecular weight is 232 g/mol. The Balaban J connectivity index is 2.50. The highest BCUT2D eigenvalue weighted by Gasteiger charge is 2.43. The molecule has 0 radical (unpaired) electrons. The Kier molecular flexibility index (Phi) is 3.20. The van der Waals surface area contributed by atoms with Gasteiger partial charge < -0.3 is 9.38 Å². The quantitative estimate of drug-likeness (QED) is 0.726. The molecule has 0 fully saturated rings. The molecule has 0 aromatic carbocycles. The third-order valence-electron chi connectivity index (χ3n) is 4.92. The summed E-state index contributed by atoms with van der Waals surface area (Å²) in [6, 6.07) is 4.63. The predicted octanol–water partition coefficient (Wildman–Crippen LogP) is 2.99. The second-order valence-electron chi connectivity index (χ2n) is 5.98. The first-order chi connectivity index (χ1) is 8.04. The van der Waals surface area contributed by atoms with Crippen LogP contribution >= 0.6 is 0 Å². The lowest BCUT2D eigenvalue weighted by Gasteiger charge is -2.26. The van der Waals surface area contributed by atoms with Gasteiger partial charge in [0.25, 0.3) is 6.28 Å². The van der Waals surface area contributed by atoms with E-state index >= 15 is 0 Å². The zero-order valence-corrected chi connectivity index (χ0v) is 11.9. The Hall–Kier alpha value is -0.985. The van der Waals surface area contributed by atoms with Crippen LogP contribution in [0, 0.1) is 0 Å². The molecule has 2 heterocycles. The minimum absolute atomic E-state index is 0.352. The average Bonchev–Trinajstić information content (AvgIpc) is 2.62. The summed E-state index contributed by atoms with van der Waals surface area (Å²) in [6.45, 7) is 7.07. The number of nitrogens with zero attached hydrogens (tertiary/aromatic N) is 2. The number of hydrogen-bond acceptors (Lipinski definition) is 1. The SMILES string of the molecule is CC[B-]1(CC)CC(C)c2cc(N(C)C)cc[n+]21. The van der Waals surface area contributed by atoms with E-state index in [1.807, 2.05) is 0 Å². The molecule has 0 aliphatic carbocycles. The van der Waals surface area contributed by atoms with E-state index in [1.165, 1.54) is 30.3 Å². The molecule has 0 N–H and O–H groups in total. The second-order valence-corrected chi connectivity index (χ2v) is 5.98. The molecule has 0 saturated heterocycles. The Morgan fingerprint density at radius 1 is 1.35 bits per heavy atom. The minimum Gasteiger partial charge on any atom is -0.424 e. The highest BCUT2D eigenvalue weighted by Crippen LogP contribution is 2.35. The summed E-state index contributed by atoms with van der Waals surface area (Å²) in [5.41, 5.74) is 2.85. The fourth-order valence-electron chi connectivity index (χ4n) is 3.60. The molecule has 2 nitrogen and oxygen atoms in total. The van der Waals surface area contributed by atoms with Crippen LogP contribution in [0.15, 0.2) is 18.3 Å². The van der Waals surface area contributed by atoms with Crippen LogP contribution in [0.1, 0.15) is 32.4 Å². The van der Waals surface area contributed by atoms with Crippen molar-refractivity contribution in [2.45, 2.75) is 45.6 Å². The lowest BCUT2D eigenvalue weighted by Crippen LogP contribution is -2.61. The van der Waals surface area contributed by atoms with Gasteiger partial charge in [-0.15, -0.1) is 12.6 Å². The van der Waals surface area contributed by atoms with E-state index in [4.69, 9.17) is 0 Å². The molecular weight excluding hydrogens is 207 g/mol. The summed E-state index contributed by atoms with van der Waals surface area (Å²) >= 11 is 0. The van der Waals surface area contributed by atoms with E-state index in [2.05, 4.69) is 62.6 Å². The maximum absolute atomic E-state index is 2.59. The van der Waals surface area contributed by atoms with Crippen molar-refractivity contribution in [3.8, 4) is 0 Å². The normalized spacial score (nSPS) is 21.4. The highest BCUT2D eigenvalue weighted by molar-refractivity contribution is 6.72. The number of anilines is 1. The summed E-state index contributed by atoms with van der Waals surface area (Å²) in [7, 11) is 4.23. The molecular formula is C14H25BN2. The third-order valence-corrected chi connectivity index (χ3v) is 4.92. The first kappa shape index (κ1) is 12.5. The smallest absolute Gasteiger partial charge is 0.278 e. The molecule has 94 valence electrons. The number of aromatic nitrogens is 1. The van der Waals surface area contributed by atoms with E-state index in [-0.39, 0.29) is 6.28 Å². The molecule has 1 aromatic heterocycles. The van der Waals surface area contributed by atoms with Gasteiger partial charge in [-0.25, -0.2) is 0 Å². The molecule has 1 aromatic rings.